The second-order valence-corrected chi connectivity index (χ2v) is 9.40. The highest BCUT2D eigenvalue weighted by molar-refractivity contribution is 6.05. The summed E-state index contributed by atoms with van der Waals surface area (Å²) in [4.78, 5) is 34.0. The van der Waals surface area contributed by atoms with Crippen molar-refractivity contribution in [1.29, 1.82) is 0 Å². The average molecular weight is 475 g/mol. The van der Waals surface area contributed by atoms with Crippen LogP contribution in [0.1, 0.15) is 55.5 Å². The Morgan fingerprint density at radius 2 is 1.80 bits per heavy atom. The van der Waals surface area contributed by atoms with Crippen molar-refractivity contribution in [3.63, 3.8) is 0 Å². The Hall–Kier alpha value is -3.45. The molecule has 35 heavy (non-hydrogen) atoms. The standard InChI is InChI=1S/C28H34N4O3/c1-3-12-32(18-19(2)33)28(35)24-15-23-11-10-22(16-25(23)30-26(29)17-24)20-6-8-21(9-7-20)27(34)31-13-4-5-14-31/h6-11,15-16,19,33H,3-5,12-14,17-18H2,1-2H3,(H2,29,30)/t19-/m0/s1. The summed E-state index contributed by atoms with van der Waals surface area (Å²) in [5.41, 5.74) is 10.9. The van der Waals surface area contributed by atoms with Crippen LogP contribution in [-0.2, 0) is 4.79 Å². The summed E-state index contributed by atoms with van der Waals surface area (Å²) in [7, 11) is 0. The Morgan fingerprint density at radius 1 is 1.11 bits per heavy atom. The molecule has 0 aliphatic carbocycles. The van der Waals surface area contributed by atoms with Crippen LogP contribution in [0.5, 0.6) is 0 Å². The minimum atomic E-state index is -0.602. The molecule has 0 saturated carbocycles. The van der Waals surface area contributed by atoms with E-state index >= 15 is 0 Å². The molecule has 0 spiro atoms. The Bertz CT molecular complexity index is 1150. The van der Waals surface area contributed by atoms with Gasteiger partial charge < -0.3 is 20.6 Å². The number of rotatable bonds is 7. The van der Waals surface area contributed by atoms with Crippen molar-refractivity contribution in [3.05, 3.63) is 59.2 Å². The number of carbonyl (C=O) groups excluding carboxylic acids is 2. The lowest BCUT2D eigenvalue weighted by molar-refractivity contribution is -0.128. The summed E-state index contributed by atoms with van der Waals surface area (Å²) in [5.74, 6) is 0.338. The predicted octanol–water partition coefficient (Wildman–Crippen LogP) is 3.98. The van der Waals surface area contributed by atoms with Crippen LogP contribution in [0.2, 0.25) is 0 Å². The van der Waals surface area contributed by atoms with Crippen molar-refractivity contribution >= 4 is 29.4 Å². The van der Waals surface area contributed by atoms with E-state index < -0.39 is 6.10 Å². The van der Waals surface area contributed by atoms with E-state index in [4.69, 9.17) is 5.73 Å². The van der Waals surface area contributed by atoms with Gasteiger partial charge >= 0.3 is 0 Å². The lowest BCUT2D eigenvalue weighted by atomic mass is 9.99. The minimum absolute atomic E-state index is 0.0865. The van der Waals surface area contributed by atoms with Crippen LogP contribution in [0.4, 0.5) is 5.69 Å². The molecule has 7 heteroatoms. The van der Waals surface area contributed by atoms with Gasteiger partial charge in [0, 0.05) is 49.3 Å². The monoisotopic (exact) mass is 474 g/mol. The number of amidine groups is 1. The molecule has 2 amide bonds. The molecular formula is C28H34N4O3. The predicted molar refractivity (Wildman–Crippen MR) is 139 cm³/mol. The van der Waals surface area contributed by atoms with Crippen LogP contribution in [-0.4, -0.2) is 64.8 Å². The van der Waals surface area contributed by atoms with Gasteiger partial charge in [-0.05, 0) is 61.6 Å². The molecule has 2 heterocycles. The number of likely N-dealkylation sites (tertiary alicyclic amines) is 1. The first-order valence-electron chi connectivity index (χ1n) is 12.4. The third-order valence-electron chi connectivity index (χ3n) is 6.39. The first-order valence-corrected chi connectivity index (χ1v) is 12.4. The summed E-state index contributed by atoms with van der Waals surface area (Å²) in [5, 5.41) is 9.82. The summed E-state index contributed by atoms with van der Waals surface area (Å²) in [6.45, 7) is 6.20. The number of fused-ring (bicyclic) bond motifs is 1. The molecule has 3 N–H and O–H groups in total. The number of amides is 2. The van der Waals surface area contributed by atoms with Crippen LogP contribution < -0.4 is 5.73 Å². The number of aliphatic imine (C=N–C) groups is 1. The number of hydrogen-bond donors (Lipinski definition) is 2. The summed E-state index contributed by atoms with van der Waals surface area (Å²) < 4.78 is 0. The Labute approximate surface area is 206 Å². The molecule has 2 aromatic rings. The molecule has 7 nitrogen and oxygen atoms in total. The van der Waals surface area contributed by atoms with Gasteiger partial charge in [0.15, 0.2) is 0 Å². The van der Waals surface area contributed by atoms with Gasteiger partial charge in [0.2, 0.25) is 5.91 Å². The van der Waals surface area contributed by atoms with Gasteiger partial charge in [-0.25, -0.2) is 4.99 Å². The first-order chi connectivity index (χ1) is 16.9. The van der Waals surface area contributed by atoms with Gasteiger partial charge in [0.1, 0.15) is 5.84 Å². The summed E-state index contributed by atoms with van der Waals surface area (Å²) >= 11 is 0. The molecule has 184 valence electrons. The van der Waals surface area contributed by atoms with Gasteiger partial charge in [0.05, 0.1) is 11.8 Å². The fourth-order valence-corrected chi connectivity index (χ4v) is 4.68. The van der Waals surface area contributed by atoms with E-state index in [1.165, 1.54) is 0 Å². The van der Waals surface area contributed by atoms with Gasteiger partial charge in [-0.1, -0.05) is 31.2 Å². The maximum absolute atomic E-state index is 13.2. The maximum Gasteiger partial charge on any atom is 0.253 e. The highest BCUT2D eigenvalue weighted by Crippen LogP contribution is 2.32. The van der Waals surface area contributed by atoms with Gasteiger partial charge in [0.25, 0.3) is 5.91 Å². The van der Waals surface area contributed by atoms with Crippen molar-refractivity contribution in [2.75, 3.05) is 26.2 Å². The number of aliphatic hydroxyl groups is 1. The molecule has 2 aliphatic heterocycles. The second kappa shape index (κ2) is 10.9. The van der Waals surface area contributed by atoms with Crippen LogP contribution >= 0.6 is 0 Å². The van der Waals surface area contributed by atoms with Crippen molar-refractivity contribution < 1.29 is 14.7 Å². The van der Waals surface area contributed by atoms with Crippen LogP contribution in [0, 0.1) is 0 Å². The maximum atomic E-state index is 13.2. The molecule has 0 radical (unpaired) electrons. The normalized spacial score (nSPS) is 16.1. The molecule has 1 saturated heterocycles. The molecule has 2 aliphatic rings. The molecule has 2 aromatic carbocycles. The molecule has 1 atom stereocenters. The summed E-state index contributed by atoms with van der Waals surface area (Å²) in [6, 6.07) is 13.6. The molecule has 0 bridgehead atoms. The number of carbonyl (C=O) groups is 2. The Morgan fingerprint density at radius 3 is 2.46 bits per heavy atom. The van der Waals surface area contributed by atoms with Crippen molar-refractivity contribution in [2.24, 2.45) is 10.7 Å². The van der Waals surface area contributed by atoms with E-state index in [2.05, 4.69) is 4.99 Å². The SMILES string of the molecule is CCCN(C[C@H](C)O)C(=O)C1=Cc2ccc(-c3ccc(C(=O)N4CCCC4)cc3)cc2N=C(N)C1. The fourth-order valence-electron chi connectivity index (χ4n) is 4.68. The average Bonchev–Trinajstić information content (AvgIpc) is 3.32. The molecular weight excluding hydrogens is 440 g/mol. The zero-order chi connectivity index (χ0) is 24.9. The van der Waals surface area contributed by atoms with Crippen LogP contribution in [0.25, 0.3) is 17.2 Å². The third kappa shape index (κ3) is 5.80. The topological polar surface area (TPSA) is 99.2 Å². The quantitative estimate of drug-likeness (QED) is 0.634. The Balaban J connectivity index is 1.58. The number of benzene rings is 2. The Kier molecular flexibility index (Phi) is 7.66. The molecule has 0 unspecified atom stereocenters. The van der Waals surface area contributed by atoms with Gasteiger partial charge in [-0.3, -0.25) is 9.59 Å². The van der Waals surface area contributed by atoms with Gasteiger partial charge in [-0.15, -0.1) is 0 Å². The second-order valence-electron chi connectivity index (χ2n) is 9.40. The molecule has 1 fully saturated rings. The number of aliphatic hydroxyl groups excluding tert-OH is 1. The number of nitrogens with two attached hydrogens (primary N) is 1. The molecule has 4 rings (SSSR count). The smallest absolute Gasteiger partial charge is 0.253 e. The van der Waals surface area contributed by atoms with Crippen molar-refractivity contribution in [1.82, 2.24) is 9.80 Å². The third-order valence-corrected chi connectivity index (χ3v) is 6.39. The van der Waals surface area contributed by atoms with Gasteiger partial charge in [-0.2, -0.15) is 0 Å². The number of nitrogens with zero attached hydrogens (tertiary/aromatic N) is 3. The molecule has 0 aromatic heterocycles. The highest BCUT2D eigenvalue weighted by Gasteiger charge is 2.23. The van der Waals surface area contributed by atoms with E-state index in [0.717, 1.165) is 49.0 Å². The van der Waals surface area contributed by atoms with E-state index in [9.17, 15) is 14.7 Å². The van der Waals surface area contributed by atoms with Crippen LogP contribution in [0.15, 0.2) is 53.0 Å². The van der Waals surface area contributed by atoms with Crippen molar-refractivity contribution in [2.45, 2.75) is 45.6 Å². The highest BCUT2D eigenvalue weighted by atomic mass is 16.3. The fraction of sp³-hybridized carbons (Fsp3) is 0.393. The van der Waals surface area contributed by atoms with E-state index in [1.807, 2.05) is 60.4 Å². The zero-order valence-corrected chi connectivity index (χ0v) is 20.5. The lowest BCUT2D eigenvalue weighted by Gasteiger charge is -2.24. The minimum Gasteiger partial charge on any atom is -0.392 e. The summed E-state index contributed by atoms with van der Waals surface area (Å²) in [6.07, 6.45) is 4.46. The van der Waals surface area contributed by atoms with E-state index in [1.54, 1.807) is 11.8 Å². The zero-order valence-electron chi connectivity index (χ0n) is 20.5. The largest absolute Gasteiger partial charge is 0.392 e. The van der Waals surface area contributed by atoms with E-state index in [-0.39, 0.29) is 24.8 Å². The van der Waals surface area contributed by atoms with E-state index in [0.29, 0.717) is 29.2 Å². The lowest BCUT2D eigenvalue weighted by Crippen LogP contribution is -2.38. The first kappa shape index (κ1) is 24.7. The van der Waals surface area contributed by atoms with Crippen molar-refractivity contribution in [3.8, 4) is 11.1 Å². The van der Waals surface area contributed by atoms with Crippen LogP contribution in [0.3, 0.4) is 0 Å². The number of hydrogen-bond acceptors (Lipinski definition) is 5.